The molecular formula is C42H56N4O8S. The highest BCUT2D eigenvalue weighted by Crippen LogP contribution is 2.51. The van der Waals surface area contributed by atoms with E-state index < -0.39 is 0 Å². The van der Waals surface area contributed by atoms with Gasteiger partial charge in [-0.3, -0.25) is 14.6 Å². The third-order valence-corrected chi connectivity index (χ3v) is 10.9. The second kappa shape index (κ2) is 22.2. The molecule has 0 fully saturated rings. The average Bonchev–Trinajstić information content (AvgIpc) is 3.89. The van der Waals surface area contributed by atoms with Crippen molar-refractivity contribution in [2.75, 3.05) is 39.5 Å². The van der Waals surface area contributed by atoms with Gasteiger partial charge in [-0.05, 0) is 80.3 Å². The maximum atomic E-state index is 12.2. The minimum absolute atomic E-state index is 0.00396. The summed E-state index contributed by atoms with van der Waals surface area (Å²) in [7, 11) is 0. The Bertz CT molecular complexity index is 1770. The van der Waals surface area contributed by atoms with Crippen molar-refractivity contribution >= 4 is 23.6 Å². The molecule has 1 aliphatic heterocycles. The highest BCUT2D eigenvalue weighted by molar-refractivity contribution is 7.99. The summed E-state index contributed by atoms with van der Waals surface area (Å²) >= 11 is 1.71. The Kier molecular flexibility index (Phi) is 16.8. The number of thioether (sulfide) groups is 1. The third kappa shape index (κ3) is 13.4. The minimum Gasteiger partial charge on any atom is -0.494 e. The second-order valence-electron chi connectivity index (χ2n) is 14.0. The first-order chi connectivity index (χ1) is 26.8. The standard InChI is InChI=1S/C42H56N4O8S/c1-29-24-32(31-12-5-3-6-13-31)25-30(2)40(29)53-20-11-14-34-26-33(46-54-34)27-52-23-22-51-21-19-44-38(48)16-7-4-10-18-43-37(47)17-9-8-15-36-39-35(28-55-36)41(49)45-42(39)50/h3,5-6,12-13,24-26,36,45,49-50H,4,7-11,14-23,27-28H2,1-2H3,(H,43,47)(H,44,48)/t36-/m0/s1. The maximum absolute atomic E-state index is 12.2. The van der Waals surface area contributed by atoms with Crippen molar-refractivity contribution in [3.8, 4) is 28.6 Å². The van der Waals surface area contributed by atoms with E-state index in [-0.39, 0.29) is 28.8 Å². The fraction of sp³-hybridized carbons (Fsp3) is 0.500. The Morgan fingerprint density at radius 2 is 1.56 bits per heavy atom. The van der Waals surface area contributed by atoms with Crippen LogP contribution >= 0.6 is 11.8 Å². The molecule has 55 heavy (non-hydrogen) atoms. The number of benzene rings is 2. The Hall–Kier alpha value is -4.46. The number of aromatic amines is 1. The van der Waals surface area contributed by atoms with Crippen molar-refractivity contribution in [1.29, 1.82) is 0 Å². The molecule has 2 aromatic carbocycles. The van der Waals surface area contributed by atoms with Crippen molar-refractivity contribution in [1.82, 2.24) is 20.8 Å². The number of aromatic hydroxyl groups is 2. The van der Waals surface area contributed by atoms with Gasteiger partial charge in [0.25, 0.3) is 0 Å². The molecule has 0 bridgehead atoms. The van der Waals surface area contributed by atoms with Crippen LogP contribution in [0.2, 0.25) is 0 Å². The van der Waals surface area contributed by atoms with Crippen molar-refractivity contribution in [2.24, 2.45) is 0 Å². The van der Waals surface area contributed by atoms with E-state index in [9.17, 15) is 19.8 Å². The van der Waals surface area contributed by atoms with Gasteiger partial charge >= 0.3 is 0 Å². The van der Waals surface area contributed by atoms with E-state index in [0.29, 0.717) is 64.7 Å². The summed E-state index contributed by atoms with van der Waals surface area (Å²) in [5.41, 5.74) is 6.98. The summed E-state index contributed by atoms with van der Waals surface area (Å²) in [6.07, 6.45) is 7.41. The molecule has 1 aliphatic rings. The average molecular weight is 777 g/mol. The van der Waals surface area contributed by atoms with Crippen molar-refractivity contribution < 1.29 is 38.5 Å². The third-order valence-electron chi connectivity index (χ3n) is 9.56. The topological polar surface area (TPSA) is 168 Å². The first kappa shape index (κ1) is 41.7. The number of ether oxygens (including phenoxy) is 3. The van der Waals surface area contributed by atoms with Gasteiger partial charge in [0.1, 0.15) is 17.2 Å². The van der Waals surface area contributed by atoms with Gasteiger partial charge in [0.05, 0.1) is 33.0 Å². The van der Waals surface area contributed by atoms with Gasteiger partial charge in [-0.1, -0.05) is 48.3 Å². The zero-order valence-electron chi connectivity index (χ0n) is 32.1. The Labute approximate surface area is 328 Å². The van der Waals surface area contributed by atoms with Crippen LogP contribution in [0.3, 0.4) is 0 Å². The lowest BCUT2D eigenvalue weighted by Gasteiger charge is -2.14. The minimum atomic E-state index is -0.00396. The molecule has 298 valence electrons. The van der Waals surface area contributed by atoms with Crippen LogP contribution in [0.5, 0.6) is 17.5 Å². The fourth-order valence-corrected chi connectivity index (χ4v) is 8.13. The van der Waals surface area contributed by atoms with Crippen molar-refractivity contribution in [3.05, 3.63) is 82.2 Å². The van der Waals surface area contributed by atoms with Crippen LogP contribution in [0.1, 0.15) is 96.7 Å². The van der Waals surface area contributed by atoms with Gasteiger partial charge in [-0.25, -0.2) is 0 Å². The zero-order chi connectivity index (χ0) is 38.8. The molecule has 0 aliphatic carbocycles. The maximum Gasteiger partial charge on any atom is 0.220 e. The number of H-pyrrole nitrogens is 1. The molecule has 2 amide bonds. The lowest BCUT2D eigenvalue weighted by Crippen LogP contribution is -2.27. The molecule has 3 heterocycles. The van der Waals surface area contributed by atoms with Crippen molar-refractivity contribution in [2.45, 2.75) is 95.7 Å². The monoisotopic (exact) mass is 776 g/mol. The summed E-state index contributed by atoms with van der Waals surface area (Å²) in [6, 6.07) is 16.6. The van der Waals surface area contributed by atoms with Gasteiger partial charge in [-0.2, -0.15) is 0 Å². The van der Waals surface area contributed by atoms with E-state index in [0.717, 1.165) is 90.8 Å². The highest BCUT2D eigenvalue weighted by Gasteiger charge is 2.30. The zero-order valence-corrected chi connectivity index (χ0v) is 32.9. The summed E-state index contributed by atoms with van der Waals surface area (Å²) in [5.74, 6) is 2.57. The lowest BCUT2D eigenvalue weighted by atomic mass is 10.00. The summed E-state index contributed by atoms with van der Waals surface area (Å²) in [5, 5.41) is 29.9. The molecule has 5 rings (SSSR count). The number of rotatable bonds is 25. The molecular weight excluding hydrogens is 721 g/mol. The number of fused-ring (bicyclic) bond motifs is 1. The van der Waals surface area contributed by atoms with Gasteiger partial charge in [0, 0.05) is 60.5 Å². The van der Waals surface area contributed by atoms with E-state index >= 15 is 0 Å². The van der Waals surface area contributed by atoms with Gasteiger partial charge in [-0.15, -0.1) is 11.8 Å². The molecule has 0 spiro atoms. The van der Waals surface area contributed by atoms with Crippen LogP contribution < -0.4 is 15.4 Å². The quantitative estimate of drug-likeness (QED) is 0.0423. The molecule has 0 saturated carbocycles. The molecule has 4 aromatic rings. The Morgan fingerprint density at radius 1 is 0.836 bits per heavy atom. The Balaban J connectivity index is 0.795. The smallest absolute Gasteiger partial charge is 0.220 e. The molecule has 0 radical (unpaired) electrons. The number of amides is 2. The van der Waals surface area contributed by atoms with Crippen LogP contribution in [-0.2, 0) is 37.8 Å². The van der Waals surface area contributed by atoms with Crippen molar-refractivity contribution in [3.63, 3.8) is 0 Å². The fourth-order valence-electron chi connectivity index (χ4n) is 6.72. The van der Waals surface area contributed by atoms with E-state index in [4.69, 9.17) is 18.7 Å². The summed E-state index contributed by atoms with van der Waals surface area (Å²) < 4.78 is 22.9. The van der Waals surface area contributed by atoms with Gasteiger partial charge in [0.15, 0.2) is 11.8 Å². The predicted octanol–water partition coefficient (Wildman–Crippen LogP) is 7.58. The number of aromatic nitrogens is 2. The normalized spacial score (nSPS) is 13.5. The highest BCUT2D eigenvalue weighted by atomic mass is 32.2. The molecule has 0 unspecified atom stereocenters. The molecule has 5 N–H and O–H groups in total. The van der Waals surface area contributed by atoms with Gasteiger partial charge < -0.3 is 39.6 Å². The summed E-state index contributed by atoms with van der Waals surface area (Å²) in [4.78, 5) is 26.9. The molecule has 12 nitrogen and oxygen atoms in total. The molecule has 13 heteroatoms. The van der Waals surface area contributed by atoms with Crippen LogP contribution in [0.25, 0.3) is 11.1 Å². The van der Waals surface area contributed by atoms with Crippen LogP contribution in [0, 0.1) is 13.8 Å². The number of aryl methyl sites for hydroxylation is 3. The van der Waals surface area contributed by atoms with Crippen LogP contribution in [-0.4, -0.2) is 71.7 Å². The molecule has 0 saturated heterocycles. The number of unbranched alkanes of at least 4 members (excludes halogenated alkanes) is 3. The number of carbonyl (C=O) groups is 2. The largest absolute Gasteiger partial charge is 0.494 e. The van der Waals surface area contributed by atoms with Crippen LogP contribution in [0.15, 0.2) is 53.1 Å². The number of hydrogen-bond acceptors (Lipinski definition) is 10. The number of nitrogens with zero attached hydrogens (tertiary/aromatic N) is 1. The first-order valence-electron chi connectivity index (χ1n) is 19.5. The van der Waals surface area contributed by atoms with E-state index in [1.807, 2.05) is 12.1 Å². The molecule has 1 atom stereocenters. The number of carbonyl (C=O) groups excluding carboxylic acids is 2. The Morgan fingerprint density at radius 3 is 2.35 bits per heavy atom. The molecule has 2 aromatic heterocycles. The van der Waals surface area contributed by atoms with E-state index in [2.05, 4.69) is 71.0 Å². The lowest BCUT2D eigenvalue weighted by molar-refractivity contribution is -0.122. The number of hydrogen-bond donors (Lipinski definition) is 5. The predicted molar refractivity (Wildman–Crippen MR) is 213 cm³/mol. The SMILES string of the molecule is Cc1cc(-c2ccccc2)cc(C)c1OCCCc1cc(COCCOCCNC(=O)CCCCCNC(=O)CCCC[C@@H]2SCc3c(O)[nH]c(O)c32)no1. The second-order valence-corrected chi connectivity index (χ2v) is 15.2. The van der Waals surface area contributed by atoms with E-state index in [1.54, 1.807) is 11.8 Å². The first-order valence-corrected chi connectivity index (χ1v) is 20.5. The number of nitrogens with one attached hydrogen (secondary N) is 3. The van der Waals surface area contributed by atoms with Gasteiger partial charge in [0.2, 0.25) is 11.8 Å². The van der Waals surface area contributed by atoms with Crippen LogP contribution in [0.4, 0.5) is 0 Å². The van der Waals surface area contributed by atoms with E-state index in [1.165, 1.54) is 11.1 Å². The summed E-state index contributed by atoms with van der Waals surface area (Å²) in [6.45, 7) is 7.37.